The molecule has 0 unspecified atom stereocenters. The maximum Gasteiger partial charge on any atom is 0.229 e. The fourth-order valence-corrected chi connectivity index (χ4v) is 7.48. The number of ketones is 2. The second-order valence-electron chi connectivity index (χ2n) is 13.6. The molecule has 6 N–H and O–H groups in total. The zero-order valence-electron chi connectivity index (χ0n) is 29.4. The summed E-state index contributed by atoms with van der Waals surface area (Å²) in [6.45, 7) is 10.9. The standard InChI is InChI=1S/C42H38Cl2N2O6/c1-19(2)31-27-13-21(5)33(39(49)35(27)29(37(47)41(31)51)17-45-25-11-7-9-23(43)15-25)34-22(6)14-28-32(20(3)4)42(52)38(48)30(36(28)40(34)50)18-46-26-12-8-10-24(44)16-26/h7-20,45-46,49-52H,1-6H3/b29-17-,30-18-. The monoisotopic (exact) mass is 736 g/mol. The molecule has 0 aliphatic heterocycles. The highest BCUT2D eigenvalue weighted by Gasteiger charge is 2.38. The minimum Gasteiger partial charge on any atom is -0.507 e. The van der Waals surface area contributed by atoms with E-state index in [1.165, 1.54) is 12.4 Å². The van der Waals surface area contributed by atoms with Crippen LogP contribution in [-0.2, 0) is 9.59 Å². The lowest BCUT2D eigenvalue weighted by Gasteiger charge is -2.29. The third-order valence-corrected chi connectivity index (χ3v) is 9.84. The number of rotatable bonds is 7. The molecule has 4 aromatic carbocycles. The molecule has 52 heavy (non-hydrogen) atoms. The molecule has 4 aromatic rings. The number of aliphatic hydroxyl groups is 2. The minimum atomic E-state index is -0.688. The van der Waals surface area contributed by atoms with Crippen molar-refractivity contribution in [3.05, 3.63) is 128 Å². The van der Waals surface area contributed by atoms with E-state index in [1.54, 1.807) is 74.5 Å². The second kappa shape index (κ2) is 13.9. The molecule has 0 saturated heterocycles. The summed E-state index contributed by atoms with van der Waals surface area (Å²) in [5.41, 5.74) is 4.77. The van der Waals surface area contributed by atoms with Gasteiger partial charge in [-0.25, -0.2) is 0 Å². The molecular weight excluding hydrogens is 699 g/mol. The summed E-state index contributed by atoms with van der Waals surface area (Å²) in [7, 11) is 0. The van der Waals surface area contributed by atoms with Gasteiger partial charge in [-0.1, -0.05) is 75.2 Å². The number of hydrogen-bond acceptors (Lipinski definition) is 8. The van der Waals surface area contributed by atoms with E-state index in [0.717, 1.165) is 0 Å². The summed E-state index contributed by atoms with van der Waals surface area (Å²) in [4.78, 5) is 27.7. The largest absolute Gasteiger partial charge is 0.507 e. The van der Waals surface area contributed by atoms with Crippen LogP contribution in [0.15, 0.2) is 84.6 Å². The Morgan fingerprint density at radius 1 is 0.577 bits per heavy atom. The lowest BCUT2D eigenvalue weighted by atomic mass is 9.75. The van der Waals surface area contributed by atoms with Crippen molar-refractivity contribution in [3.63, 3.8) is 0 Å². The summed E-state index contributed by atoms with van der Waals surface area (Å²) in [5.74, 6) is -3.37. The fraction of sp³-hybridized carbons (Fsp3) is 0.190. The normalized spacial score (nSPS) is 16.0. The molecule has 8 nitrogen and oxygen atoms in total. The van der Waals surface area contributed by atoms with Crippen molar-refractivity contribution in [3.8, 4) is 22.6 Å². The fourth-order valence-electron chi connectivity index (χ4n) is 7.10. The highest BCUT2D eigenvalue weighted by atomic mass is 35.5. The Morgan fingerprint density at radius 2 is 0.942 bits per heavy atom. The highest BCUT2D eigenvalue weighted by Crippen LogP contribution is 2.53. The quantitative estimate of drug-likeness (QED) is 0.103. The molecule has 2 aliphatic carbocycles. The van der Waals surface area contributed by atoms with Gasteiger partial charge >= 0.3 is 0 Å². The number of carbonyl (C=O) groups is 2. The predicted octanol–water partition coefficient (Wildman–Crippen LogP) is 10.6. The van der Waals surface area contributed by atoms with Crippen LogP contribution < -0.4 is 10.6 Å². The first kappa shape index (κ1) is 36.4. The van der Waals surface area contributed by atoms with Gasteiger partial charge in [-0.15, -0.1) is 0 Å². The van der Waals surface area contributed by atoms with Crippen LogP contribution in [0.5, 0.6) is 11.5 Å². The average Bonchev–Trinajstić information content (AvgIpc) is 3.07. The number of hydrogen-bond donors (Lipinski definition) is 6. The number of fused-ring (bicyclic) bond motifs is 2. The van der Waals surface area contributed by atoms with Crippen molar-refractivity contribution < 1.29 is 30.0 Å². The number of halogens is 2. The Balaban J connectivity index is 1.63. The Hall–Kier alpha value is -5.44. The van der Waals surface area contributed by atoms with Crippen LogP contribution in [0.1, 0.15) is 61.1 Å². The van der Waals surface area contributed by atoms with Gasteiger partial charge in [-0.05, 0) is 84.3 Å². The van der Waals surface area contributed by atoms with Crippen LogP contribution >= 0.6 is 23.2 Å². The first-order valence-electron chi connectivity index (χ1n) is 16.8. The number of nitrogens with one attached hydrogen (secondary N) is 2. The number of carbonyl (C=O) groups excluding carboxylic acids is 2. The van der Waals surface area contributed by atoms with Crippen molar-refractivity contribution in [2.24, 2.45) is 11.8 Å². The first-order chi connectivity index (χ1) is 24.6. The van der Waals surface area contributed by atoms with E-state index < -0.39 is 23.1 Å². The number of aromatic hydroxyl groups is 2. The Kier molecular flexibility index (Phi) is 9.75. The van der Waals surface area contributed by atoms with Crippen molar-refractivity contribution >= 4 is 68.4 Å². The number of aryl methyl sites for hydroxylation is 2. The summed E-state index contributed by atoms with van der Waals surface area (Å²) >= 11 is 12.4. The van der Waals surface area contributed by atoms with E-state index in [2.05, 4.69) is 10.6 Å². The smallest absolute Gasteiger partial charge is 0.229 e. The zero-order chi connectivity index (χ0) is 37.8. The molecule has 6 rings (SSSR count). The molecule has 0 aromatic heterocycles. The molecule has 266 valence electrons. The molecule has 0 radical (unpaired) electrons. The zero-order valence-corrected chi connectivity index (χ0v) is 31.0. The molecular formula is C42H38Cl2N2O6. The molecule has 0 spiro atoms. The van der Waals surface area contributed by atoms with E-state index in [0.29, 0.717) is 54.8 Å². The van der Waals surface area contributed by atoms with E-state index in [1.807, 2.05) is 27.7 Å². The molecule has 10 heteroatoms. The number of phenols is 2. The summed E-state index contributed by atoms with van der Waals surface area (Å²) in [6.07, 6.45) is 2.84. The maximum absolute atomic E-state index is 13.8. The van der Waals surface area contributed by atoms with Crippen LogP contribution in [0.3, 0.4) is 0 Å². The number of phenolic OH excluding ortho intramolecular Hbond substituents is 2. The van der Waals surface area contributed by atoms with Gasteiger partial charge in [0, 0.05) is 67.2 Å². The summed E-state index contributed by atoms with van der Waals surface area (Å²) in [6, 6.07) is 17.3. The van der Waals surface area contributed by atoms with E-state index in [4.69, 9.17) is 23.2 Å². The van der Waals surface area contributed by atoms with Gasteiger partial charge in [0.05, 0.1) is 11.1 Å². The molecule has 0 atom stereocenters. The molecule has 2 aliphatic rings. The van der Waals surface area contributed by atoms with Gasteiger partial charge in [0.1, 0.15) is 11.5 Å². The van der Waals surface area contributed by atoms with Gasteiger partial charge in [0.25, 0.3) is 0 Å². The predicted molar refractivity (Wildman–Crippen MR) is 210 cm³/mol. The highest BCUT2D eigenvalue weighted by molar-refractivity contribution is 6.35. The Labute approximate surface area is 312 Å². The van der Waals surface area contributed by atoms with Gasteiger partial charge in [0.2, 0.25) is 11.6 Å². The minimum absolute atomic E-state index is 0.00200. The topological polar surface area (TPSA) is 139 Å². The number of Topliss-reactive ketones (excluding diaryl/α,β-unsaturated/α-hetero) is 2. The van der Waals surface area contributed by atoms with Crippen molar-refractivity contribution in [2.45, 2.75) is 41.5 Å². The van der Waals surface area contributed by atoms with E-state index >= 15 is 0 Å². The van der Waals surface area contributed by atoms with Crippen molar-refractivity contribution in [1.29, 1.82) is 0 Å². The number of aliphatic hydroxyl groups excluding tert-OH is 2. The van der Waals surface area contributed by atoms with Crippen LogP contribution in [0, 0.1) is 25.7 Å². The van der Waals surface area contributed by atoms with Crippen LogP contribution in [0.2, 0.25) is 10.0 Å². The molecule has 0 saturated carbocycles. The van der Waals surface area contributed by atoms with Crippen LogP contribution in [0.4, 0.5) is 11.4 Å². The van der Waals surface area contributed by atoms with Crippen LogP contribution in [-0.4, -0.2) is 32.0 Å². The lowest BCUT2D eigenvalue weighted by molar-refractivity contribution is -0.113. The molecule has 0 bridgehead atoms. The number of anilines is 2. The van der Waals surface area contributed by atoms with Crippen molar-refractivity contribution in [2.75, 3.05) is 10.6 Å². The van der Waals surface area contributed by atoms with Gasteiger partial charge < -0.3 is 31.1 Å². The van der Waals surface area contributed by atoms with E-state index in [-0.39, 0.29) is 56.7 Å². The Morgan fingerprint density at radius 3 is 1.27 bits per heavy atom. The molecule has 0 heterocycles. The maximum atomic E-state index is 13.8. The third-order valence-electron chi connectivity index (χ3n) is 9.37. The second-order valence-corrected chi connectivity index (χ2v) is 14.5. The Bertz CT molecular complexity index is 2170. The summed E-state index contributed by atoms with van der Waals surface area (Å²) < 4.78 is 0. The van der Waals surface area contributed by atoms with Crippen molar-refractivity contribution in [1.82, 2.24) is 0 Å². The molecule has 0 amide bonds. The SMILES string of the molecule is Cc1cc2c(c(O)c1-c1c(C)cc3c(c1O)/C(=C/Nc1cccc(Cl)c1)C(=O)C(O)=C3C(C)C)/C(=C/Nc1cccc(Cl)c1)C(=O)C(O)=C2C(C)C. The van der Waals surface area contributed by atoms with Gasteiger partial charge in [-0.3, -0.25) is 9.59 Å². The number of benzene rings is 4. The van der Waals surface area contributed by atoms with Gasteiger partial charge in [-0.2, -0.15) is 0 Å². The number of allylic oxidation sites excluding steroid dienone is 4. The van der Waals surface area contributed by atoms with E-state index in [9.17, 15) is 30.0 Å². The molecule has 0 fully saturated rings. The first-order valence-corrected chi connectivity index (χ1v) is 17.5. The van der Waals surface area contributed by atoms with Crippen LogP contribution in [0.25, 0.3) is 33.4 Å². The van der Waals surface area contributed by atoms with Gasteiger partial charge in [0.15, 0.2) is 11.5 Å². The summed E-state index contributed by atoms with van der Waals surface area (Å²) in [5, 5.41) is 54.1. The third kappa shape index (κ3) is 6.22. The lowest BCUT2D eigenvalue weighted by Crippen LogP contribution is -2.20. The average molecular weight is 738 g/mol.